The summed E-state index contributed by atoms with van der Waals surface area (Å²) in [4.78, 5) is 27.4. The van der Waals surface area contributed by atoms with Crippen molar-refractivity contribution in [2.45, 2.75) is 33.6 Å². The monoisotopic (exact) mass is 485 g/mol. The second-order valence-electron chi connectivity index (χ2n) is 9.49. The topological polar surface area (TPSA) is 72.8 Å². The molecule has 2 amide bonds. The van der Waals surface area contributed by atoms with Crippen LogP contribution in [0.5, 0.6) is 11.5 Å². The molecule has 2 aliphatic rings. The second kappa shape index (κ2) is 9.93. The van der Waals surface area contributed by atoms with Crippen molar-refractivity contribution < 1.29 is 19.1 Å². The zero-order valence-electron chi connectivity index (χ0n) is 20.9. The van der Waals surface area contributed by atoms with Gasteiger partial charge in [0.2, 0.25) is 18.6 Å². The van der Waals surface area contributed by atoms with Gasteiger partial charge < -0.3 is 24.3 Å². The Labute approximate surface area is 211 Å². The van der Waals surface area contributed by atoms with Crippen LogP contribution >= 0.6 is 0 Å². The van der Waals surface area contributed by atoms with Gasteiger partial charge in [-0.3, -0.25) is 9.59 Å². The van der Waals surface area contributed by atoms with Gasteiger partial charge in [0.15, 0.2) is 11.5 Å². The van der Waals surface area contributed by atoms with Crippen molar-refractivity contribution in [2.75, 3.05) is 25.2 Å². The number of hydrogen-bond acceptors (Lipinski definition) is 4. The zero-order valence-corrected chi connectivity index (χ0v) is 20.9. The fourth-order valence-corrected chi connectivity index (χ4v) is 4.89. The molecule has 3 heterocycles. The summed E-state index contributed by atoms with van der Waals surface area (Å²) in [5.74, 6) is 1.14. The molecule has 2 aromatic carbocycles. The Morgan fingerprint density at radius 2 is 1.67 bits per heavy atom. The summed E-state index contributed by atoms with van der Waals surface area (Å²) in [5, 5.41) is 2.97. The Kier molecular flexibility index (Phi) is 6.55. The predicted octanol–water partition coefficient (Wildman–Crippen LogP) is 5.02. The molecule has 2 aliphatic heterocycles. The molecule has 7 nitrogen and oxygen atoms in total. The third kappa shape index (κ3) is 4.87. The number of hydrogen-bond donors (Lipinski definition) is 1. The van der Waals surface area contributed by atoms with Crippen LogP contribution in [-0.4, -0.2) is 41.2 Å². The van der Waals surface area contributed by atoms with Crippen molar-refractivity contribution in [3.63, 3.8) is 0 Å². The number of likely N-dealkylation sites (tertiary alicyclic amines) is 1. The molecule has 1 saturated heterocycles. The molecule has 0 atom stereocenters. The van der Waals surface area contributed by atoms with Crippen molar-refractivity contribution >= 4 is 23.6 Å². The highest BCUT2D eigenvalue weighted by Gasteiger charge is 2.27. The van der Waals surface area contributed by atoms with E-state index in [-0.39, 0.29) is 24.5 Å². The number of aromatic nitrogens is 1. The minimum atomic E-state index is -0.128. The van der Waals surface area contributed by atoms with E-state index in [9.17, 15) is 9.59 Å². The molecule has 0 spiro atoms. The maximum absolute atomic E-state index is 12.9. The van der Waals surface area contributed by atoms with E-state index in [2.05, 4.69) is 61.0 Å². The maximum atomic E-state index is 12.9. The predicted molar refractivity (Wildman–Crippen MR) is 140 cm³/mol. The van der Waals surface area contributed by atoms with Crippen molar-refractivity contribution in [3.05, 3.63) is 77.1 Å². The number of carbonyl (C=O) groups excluding carboxylic acids is 2. The first-order valence-corrected chi connectivity index (χ1v) is 12.3. The molecule has 3 aromatic rings. The third-order valence-electron chi connectivity index (χ3n) is 6.99. The average Bonchev–Trinajstić information content (AvgIpc) is 3.46. The van der Waals surface area contributed by atoms with Crippen LogP contribution in [0.4, 0.5) is 5.69 Å². The van der Waals surface area contributed by atoms with Crippen molar-refractivity contribution in [1.82, 2.24) is 9.47 Å². The van der Waals surface area contributed by atoms with Gasteiger partial charge in [-0.1, -0.05) is 17.7 Å². The number of ether oxygens (including phenoxy) is 2. The Morgan fingerprint density at radius 1 is 0.944 bits per heavy atom. The molecule has 186 valence electrons. The van der Waals surface area contributed by atoms with Crippen LogP contribution in [0, 0.1) is 26.7 Å². The fourth-order valence-electron chi connectivity index (χ4n) is 4.89. The van der Waals surface area contributed by atoms with E-state index < -0.39 is 0 Å². The van der Waals surface area contributed by atoms with Gasteiger partial charge in [0.25, 0.3) is 0 Å². The lowest BCUT2D eigenvalue weighted by molar-refractivity contribution is -0.130. The molecular formula is C29H31N3O4. The lowest BCUT2D eigenvalue weighted by atomic mass is 9.95. The van der Waals surface area contributed by atoms with Crippen LogP contribution in [0.1, 0.15) is 35.4 Å². The van der Waals surface area contributed by atoms with Gasteiger partial charge in [0.1, 0.15) is 0 Å². The van der Waals surface area contributed by atoms with Crippen LogP contribution < -0.4 is 14.8 Å². The Hall–Kier alpha value is -4.00. The Balaban J connectivity index is 1.17. The number of carbonyl (C=O) groups is 2. The number of aryl methyl sites for hydroxylation is 2. The minimum absolute atomic E-state index is 0.0234. The van der Waals surface area contributed by atoms with Gasteiger partial charge in [0.05, 0.1) is 0 Å². The number of rotatable bonds is 5. The summed E-state index contributed by atoms with van der Waals surface area (Å²) < 4.78 is 12.9. The summed E-state index contributed by atoms with van der Waals surface area (Å²) in [6.07, 6.45) is 4.82. The molecule has 0 unspecified atom stereocenters. The largest absolute Gasteiger partial charge is 0.454 e. The molecule has 1 N–H and O–H groups in total. The molecule has 0 radical (unpaired) electrons. The van der Waals surface area contributed by atoms with Crippen LogP contribution in [0.25, 0.3) is 11.8 Å². The van der Waals surface area contributed by atoms with Crippen LogP contribution in [0.3, 0.4) is 0 Å². The van der Waals surface area contributed by atoms with E-state index >= 15 is 0 Å². The highest BCUT2D eigenvalue weighted by molar-refractivity contribution is 5.94. The number of amides is 2. The number of nitrogens with zero attached hydrogens (tertiary/aromatic N) is 2. The van der Waals surface area contributed by atoms with Gasteiger partial charge >= 0.3 is 0 Å². The summed E-state index contributed by atoms with van der Waals surface area (Å²) in [6.45, 7) is 7.54. The summed E-state index contributed by atoms with van der Waals surface area (Å²) in [7, 11) is 0. The van der Waals surface area contributed by atoms with Crippen molar-refractivity contribution in [2.24, 2.45) is 5.92 Å². The van der Waals surface area contributed by atoms with Gasteiger partial charge in [-0.25, -0.2) is 0 Å². The molecule has 1 aromatic heterocycles. The fraction of sp³-hybridized carbons (Fsp3) is 0.310. The first-order valence-electron chi connectivity index (χ1n) is 12.3. The highest BCUT2D eigenvalue weighted by atomic mass is 16.7. The first-order chi connectivity index (χ1) is 17.4. The van der Waals surface area contributed by atoms with E-state index in [0.717, 1.165) is 22.6 Å². The van der Waals surface area contributed by atoms with E-state index in [0.29, 0.717) is 43.1 Å². The molecular weight excluding hydrogens is 454 g/mol. The summed E-state index contributed by atoms with van der Waals surface area (Å²) >= 11 is 0. The standard InChI is InChI=1S/C29H31N3O4/c1-19-4-8-25(9-5-19)32-20(2)16-23(21(32)3)6-11-28(33)31-14-12-22(13-15-31)29(34)30-24-7-10-26-27(17-24)36-18-35-26/h4-11,16-17,22H,12-15,18H2,1-3H3,(H,30,34)/b11-6+. The number of nitrogens with one attached hydrogen (secondary N) is 1. The number of piperidine rings is 1. The lowest BCUT2D eigenvalue weighted by Gasteiger charge is -2.30. The van der Waals surface area contributed by atoms with Crippen molar-refractivity contribution in [1.29, 1.82) is 0 Å². The van der Waals surface area contributed by atoms with Gasteiger partial charge in [0, 0.05) is 53.9 Å². The minimum Gasteiger partial charge on any atom is -0.454 e. The maximum Gasteiger partial charge on any atom is 0.246 e. The quantitative estimate of drug-likeness (QED) is 0.515. The average molecular weight is 486 g/mol. The van der Waals surface area contributed by atoms with Gasteiger partial charge in [-0.2, -0.15) is 0 Å². The molecule has 0 saturated carbocycles. The third-order valence-corrected chi connectivity index (χ3v) is 6.99. The Morgan fingerprint density at radius 3 is 2.42 bits per heavy atom. The second-order valence-corrected chi connectivity index (χ2v) is 9.49. The van der Waals surface area contributed by atoms with E-state index in [1.54, 1.807) is 18.2 Å². The van der Waals surface area contributed by atoms with Crippen molar-refractivity contribution in [3.8, 4) is 17.2 Å². The highest BCUT2D eigenvalue weighted by Crippen LogP contribution is 2.34. The summed E-state index contributed by atoms with van der Waals surface area (Å²) in [5.41, 5.74) is 6.27. The van der Waals surface area contributed by atoms with E-state index in [1.165, 1.54) is 5.56 Å². The lowest BCUT2D eigenvalue weighted by Crippen LogP contribution is -2.40. The molecule has 0 bridgehead atoms. The van der Waals surface area contributed by atoms with E-state index in [1.807, 2.05) is 17.0 Å². The first kappa shape index (κ1) is 23.7. The van der Waals surface area contributed by atoms with Crippen LogP contribution in [-0.2, 0) is 9.59 Å². The molecule has 5 rings (SSSR count). The smallest absolute Gasteiger partial charge is 0.246 e. The Bertz CT molecular complexity index is 1320. The normalized spacial score (nSPS) is 15.5. The van der Waals surface area contributed by atoms with Gasteiger partial charge in [-0.05, 0) is 75.6 Å². The SMILES string of the molecule is Cc1ccc(-n2c(C)cc(/C=C/C(=O)N3CCC(C(=O)Nc4ccc5c(c4)OCO5)CC3)c2C)cc1. The molecule has 36 heavy (non-hydrogen) atoms. The van der Waals surface area contributed by atoms with Gasteiger partial charge in [-0.15, -0.1) is 0 Å². The molecule has 0 aliphatic carbocycles. The van der Waals surface area contributed by atoms with Crippen LogP contribution in [0.15, 0.2) is 54.6 Å². The molecule has 1 fully saturated rings. The number of anilines is 1. The number of fused-ring (bicyclic) bond motifs is 1. The summed E-state index contributed by atoms with van der Waals surface area (Å²) in [6, 6.07) is 15.9. The number of benzene rings is 2. The van der Waals surface area contributed by atoms with Crippen LogP contribution in [0.2, 0.25) is 0 Å². The van der Waals surface area contributed by atoms with E-state index in [4.69, 9.17) is 9.47 Å². The zero-order chi connectivity index (χ0) is 25.2. The molecule has 7 heteroatoms.